The van der Waals surface area contributed by atoms with Crippen LogP contribution in [0, 0.1) is 12.7 Å². The molecule has 6 nitrogen and oxygen atoms in total. The number of aromatic carboxylic acids is 1. The topological polar surface area (TPSA) is 87.5 Å². The third-order valence-corrected chi connectivity index (χ3v) is 3.17. The molecule has 2 aromatic heterocycles. The SMILES string of the molecule is Cc1ccc(-c2cn3nc(C(=O)O)cc3c(=O)[nH]2)cc1F. The molecule has 0 aliphatic rings. The van der Waals surface area contributed by atoms with E-state index in [0.717, 1.165) is 0 Å². The molecule has 0 aliphatic heterocycles. The average molecular weight is 287 g/mol. The Kier molecular flexibility index (Phi) is 2.83. The summed E-state index contributed by atoms with van der Waals surface area (Å²) in [5.74, 6) is -1.61. The van der Waals surface area contributed by atoms with Gasteiger partial charge >= 0.3 is 5.97 Å². The number of halogens is 1. The lowest BCUT2D eigenvalue weighted by molar-refractivity contribution is 0.0690. The number of benzene rings is 1. The van der Waals surface area contributed by atoms with E-state index in [9.17, 15) is 14.0 Å². The van der Waals surface area contributed by atoms with Crippen LogP contribution in [-0.4, -0.2) is 25.7 Å². The van der Waals surface area contributed by atoms with Gasteiger partial charge in [-0.25, -0.2) is 13.7 Å². The molecule has 0 bridgehead atoms. The number of carboxylic acid groups (broad SMARTS) is 1. The van der Waals surface area contributed by atoms with Crippen molar-refractivity contribution < 1.29 is 14.3 Å². The van der Waals surface area contributed by atoms with Gasteiger partial charge in [0.2, 0.25) is 0 Å². The van der Waals surface area contributed by atoms with E-state index in [1.165, 1.54) is 22.8 Å². The van der Waals surface area contributed by atoms with Gasteiger partial charge in [-0.15, -0.1) is 0 Å². The highest BCUT2D eigenvalue weighted by molar-refractivity contribution is 5.87. The van der Waals surface area contributed by atoms with Crippen molar-refractivity contribution in [1.29, 1.82) is 0 Å². The zero-order chi connectivity index (χ0) is 15.1. The number of rotatable bonds is 2. The summed E-state index contributed by atoms with van der Waals surface area (Å²) in [6, 6.07) is 5.74. The Morgan fingerprint density at radius 3 is 2.81 bits per heavy atom. The number of carboxylic acids is 1. The van der Waals surface area contributed by atoms with Crippen molar-refractivity contribution in [2.45, 2.75) is 6.92 Å². The molecule has 0 atom stereocenters. The minimum absolute atomic E-state index is 0.115. The van der Waals surface area contributed by atoms with Gasteiger partial charge in [-0.3, -0.25) is 4.79 Å². The van der Waals surface area contributed by atoms with Gasteiger partial charge in [0.15, 0.2) is 5.69 Å². The zero-order valence-corrected chi connectivity index (χ0v) is 10.9. The van der Waals surface area contributed by atoms with E-state index < -0.39 is 11.5 Å². The molecule has 0 unspecified atom stereocenters. The molecule has 106 valence electrons. The molecule has 0 radical (unpaired) electrons. The van der Waals surface area contributed by atoms with E-state index in [-0.39, 0.29) is 17.0 Å². The standard InChI is InChI=1S/C14H10FN3O3/c1-7-2-3-8(4-9(7)15)11-6-18-12(13(19)16-11)5-10(17-18)14(20)21/h2-6H,1H3,(H,16,19)(H,20,21). The Morgan fingerprint density at radius 1 is 1.38 bits per heavy atom. The van der Waals surface area contributed by atoms with Crippen molar-refractivity contribution in [1.82, 2.24) is 14.6 Å². The van der Waals surface area contributed by atoms with Crippen molar-refractivity contribution >= 4 is 11.5 Å². The lowest BCUT2D eigenvalue weighted by atomic mass is 10.1. The molecule has 3 aromatic rings. The number of H-pyrrole nitrogens is 1. The average Bonchev–Trinajstić information content (AvgIpc) is 2.86. The van der Waals surface area contributed by atoms with Crippen LogP contribution in [0.2, 0.25) is 0 Å². The van der Waals surface area contributed by atoms with Crippen LogP contribution < -0.4 is 5.56 Å². The van der Waals surface area contributed by atoms with Crippen LogP contribution >= 0.6 is 0 Å². The number of aromatic amines is 1. The molecule has 2 heterocycles. The molecule has 2 N–H and O–H groups in total. The fourth-order valence-electron chi connectivity index (χ4n) is 2.01. The Bertz CT molecular complexity index is 927. The number of aromatic nitrogens is 3. The van der Waals surface area contributed by atoms with Crippen LogP contribution in [0.3, 0.4) is 0 Å². The summed E-state index contributed by atoms with van der Waals surface area (Å²) in [7, 11) is 0. The summed E-state index contributed by atoms with van der Waals surface area (Å²) in [6.45, 7) is 1.64. The fraction of sp³-hybridized carbons (Fsp3) is 0.0714. The lowest BCUT2D eigenvalue weighted by Gasteiger charge is -2.04. The van der Waals surface area contributed by atoms with E-state index in [1.807, 2.05) is 0 Å². The highest BCUT2D eigenvalue weighted by Crippen LogP contribution is 2.19. The molecule has 1 aromatic carbocycles. The largest absolute Gasteiger partial charge is 0.476 e. The summed E-state index contributed by atoms with van der Waals surface area (Å²) < 4.78 is 14.8. The highest BCUT2D eigenvalue weighted by Gasteiger charge is 2.13. The third kappa shape index (κ3) is 2.18. The molecule has 0 aliphatic carbocycles. The van der Waals surface area contributed by atoms with Gasteiger partial charge < -0.3 is 10.1 Å². The van der Waals surface area contributed by atoms with Crippen molar-refractivity contribution in [3.63, 3.8) is 0 Å². The molecule has 0 fully saturated rings. The van der Waals surface area contributed by atoms with Crippen LogP contribution in [-0.2, 0) is 0 Å². The predicted molar refractivity (Wildman–Crippen MR) is 72.9 cm³/mol. The van der Waals surface area contributed by atoms with E-state index in [1.54, 1.807) is 19.1 Å². The first-order valence-corrected chi connectivity index (χ1v) is 6.08. The molecule has 21 heavy (non-hydrogen) atoms. The lowest BCUT2D eigenvalue weighted by Crippen LogP contribution is -2.10. The maximum absolute atomic E-state index is 13.6. The van der Waals surface area contributed by atoms with Gasteiger partial charge in [0, 0.05) is 11.6 Å². The maximum Gasteiger partial charge on any atom is 0.356 e. The third-order valence-electron chi connectivity index (χ3n) is 3.17. The Balaban J connectivity index is 2.22. The molecular formula is C14H10FN3O3. The molecular weight excluding hydrogens is 277 g/mol. The molecule has 0 saturated heterocycles. The monoisotopic (exact) mass is 287 g/mol. The molecule has 7 heteroatoms. The number of nitrogens with zero attached hydrogens (tertiary/aromatic N) is 2. The summed E-state index contributed by atoms with van der Waals surface area (Å²) in [4.78, 5) is 25.4. The summed E-state index contributed by atoms with van der Waals surface area (Å²) in [6.07, 6.45) is 1.45. The summed E-state index contributed by atoms with van der Waals surface area (Å²) >= 11 is 0. The Labute approximate surface area is 117 Å². The minimum Gasteiger partial charge on any atom is -0.476 e. The minimum atomic E-state index is -1.22. The molecule has 0 spiro atoms. The number of fused-ring (bicyclic) bond motifs is 1. The second-order valence-corrected chi connectivity index (χ2v) is 4.63. The van der Waals surface area contributed by atoms with Crippen molar-refractivity contribution in [3.05, 3.63) is 57.9 Å². The van der Waals surface area contributed by atoms with Crippen molar-refractivity contribution in [2.75, 3.05) is 0 Å². The molecule has 0 saturated carbocycles. The van der Waals surface area contributed by atoms with Gasteiger partial charge in [0.1, 0.15) is 11.3 Å². The summed E-state index contributed by atoms with van der Waals surface area (Å²) in [5.41, 5.74) is 0.718. The normalized spacial score (nSPS) is 11.0. The summed E-state index contributed by atoms with van der Waals surface area (Å²) in [5, 5.41) is 12.7. The number of hydrogen-bond donors (Lipinski definition) is 2. The predicted octanol–water partition coefficient (Wildman–Crippen LogP) is 1.84. The highest BCUT2D eigenvalue weighted by atomic mass is 19.1. The zero-order valence-electron chi connectivity index (χ0n) is 10.9. The van der Waals surface area contributed by atoms with Gasteiger partial charge in [-0.1, -0.05) is 12.1 Å². The van der Waals surface area contributed by atoms with Gasteiger partial charge in [0.05, 0.1) is 11.9 Å². The van der Waals surface area contributed by atoms with Crippen LogP contribution in [0.25, 0.3) is 16.8 Å². The van der Waals surface area contributed by atoms with Crippen molar-refractivity contribution in [2.24, 2.45) is 0 Å². The first-order chi connectivity index (χ1) is 9.95. The number of carbonyl (C=O) groups is 1. The van der Waals surface area contributed by atoms with E-state index in [2.05, 4.69) is 10.1 Å². The second-order valence-electron chi connectivity index (χ2n) is 4.63. The number of nitrogens with one attached hydrogen (secondary N) is 1. The Morgan fingerprint density at radius 2 is 2.14 bits per heavy atom. The van der Waals surface area contributed by atoms with E-state index in [0.29, 0.717) is 16.8 Å². The number of aryl methyl sites for hydroxylation is 1. The second kappa shape index (κ2) is 4.55. The smallest absolute Gasteiger partial charge is 0.356 e. The first-order valence-electron chi connectivity index (χ1n) is 6.08. The van der Waals surface area contributed by atoms with Crippen molar-refractivity contribution in [3.8, 4) is 11.3 Å². The maximum atomic E-state index is 13.6. The van der Waals surface area contributed by atoms with E-state index in [4.69, 9.17) is 5.11 Å². The Hall–Kier alpha value is -2.96. The van der Waals surface area contributed by atoms with Gasteiger partial charge in [0.25, 0.3) is 5.56 Å². The van der Waals surface area contributed by atoms with E-state index >= 15 is 0 Å². The van der Waals surface area contributed by atoms with Crippen LogP contribution in [0.4, 0.5) is 4.39 Å². The quantitative estimate of drug-likeness (QED) is 0.752. The molecule has 0 amide bonds. The van der Waals surface area contributed by atoms with Gasteiger partial charge in [-0.2, -0.15) is 5.10 Å². The first kappa shape index (κ1) is 13.0. The molecule has 3 rings (SSSR count). The number of hydrogen-bond acceptors (Lipinski definition) is 3. The van der Waals surface area contributed by atoms with Crippen LogP contribution in [0.15, 0.2) is 35.3 Å². The fourth-order valence-corrected chi connectivity index (χ4v) is 2.01. The van der Waals surface area contributed by atoms with Gasteiger partial charge in [-0.05, 0) is 18.6 Å². The van der Waals surface area contributed by atoms with Crippen LogP contribution in [0.1, 0.15) is 16.1 Å². The van der Waals surface area contributed by atoms with Crippen LogP contribution in [0.5, 0.6) is 0 Å².